The number of nitrogens with zero attached hydrogens (tertiary/aromatic N) is 4. The Morgan fingerprint density at radius 2 is 1.97 bits per heavy atom. The summed E-state index contributed by atoms with van der Waals surface area (Å²) in [7, 11) is 1.73. The third-order valence-corrected chi connectivity index (χ3v) is 5.43. The van der Waals surface area contributed by atoms with Gasteiger partial charge in [-0.15, -0.1) is 0 Å². The SMILES string of the molecule is CN=C(NCc1ncc(C(C)(C)C)o1)NCc1cccnc1N1CCC(C(N)=O)CC1. The van der Waals surface area contributed by atoms with Crippen molar-refractivity contribution in [3.05, 3.63) is 41.7 Å². The van der Waals surface area contributed by atoms with E-state index in [0.29, 0.717) is 24.9 Å². The molecule has 0 bridgehead atoms. The average Bonchev–Trinajstić information content (AvgIpc) is 3.24. The molecule has 2 aromatic heterocycles. The van der Waals surface area contributed by atoms with Crippen molar-refractivity contribution < 1.29 is 9.21 Å². The van der Waals surface area contributed by atoms with Gasteiger partial charge in [-0.1, -0.05) is 26.8 Å². The zero-order valence-electron chi connectivity index (χ0n) is 18.8. The quantitative estimate of drug-likeness (QED) is 0.476. The van der Waals surface area contributed by atoms with E-state index < -0.39 is 0 Å². The molecule has 9 heteroatoms. The van der Waals surface area contributed by atoms with Gasteiger partial charge in [0.1, 0.15) is 11.6 Å². The Hall–Kier alpha value is -3.10. The molecule has 2 aromatic rings. The highest BCUT2D eigenvalue weighted by Crippen LogP contribution is 2.24. The standard InChI is InChI=1S/C22H33N7O2/c1-22(2,3)17-13-26-18(31-17)14-28-21(24-4)27-12-16-6-5-9-25-20(16)29-10-7-15(8-11-29)19(23)30/h5-6,9,13,15H,7-8,10-12,14H2,1-4H3,(H2,23,30)(H2,24,27,28). The van der Waals surface area contributed by atoms with E-state index in [0.717, 1.165) is 43.1 Å². The maximum Gasteiger partial charge on any atom is 0.220 e. The monoisotopic (exact) mass is 427 g/mol. The van der Waals surface area contributed by atoms with Gasteiger partial charge in [0.2, 0.25) is 11.8 Å². The molecule has 0 unspecified atom stereocenters. The van der Waals surface area contributed by atoms with Crippen molar-refractivity contribution in [3.8, 4) is 0 Å². The Morgan fingerprint density at radius 3 is 2.58 bits per heavy atom. The molecule has 1 aliphatic heterocycles. The molecule has 9 nitrogen and oxygen atoms in total. The highest BCUT2D eigenvalue weighted by atomic mass is 16.4. The fourth-order valence-electron chi connectivity index (χ4n) is 3.53. The molecule has 0 radical (unpaired) electrons. The van der Waals surface area contributed by atoms with Crippen molar-refractivity contribution in [1.82, 2.24) is 20.6 Å². The van der Waals surface area contributed by atoms with Crippen LogP contribution in [-0.4, -0.2) is 42.0 Å². The molecule has 0 atom stereocenters. The van der Waals surface area contributed by atoms with Gasteiger partial charge in [0.05, 0.1) is 12.7 Å². The summed E-state index contributed by atoms with van der Waals surface area (Å²) in [6.07, 6.45) is 5.08. The zero-order chi connectivity index (χ0) is 22.4. The molecule has 31 heavy (non-hydrogen) atoms. The number of amides is 1. The van der Waals surface area contributed by atoms with Crippen LogP contribution in [0.25, 0.3) is 0 Å². The molecule has 1 saturated heterocycles. The Bertz CT molecular complexity index is 909. The molecule has 3 rings (SSSR count). The number of aromatic nitrogens is 2. The van der Waals surface area contributed by atoms with E-state index in [1.165, 1.54) is 0 Å². The van der Waals surface area contributed by atoms with Crippen LogP contribution >= 0.6 is 0 Å². The van der Waals surface area contributed by atoms with E-state index in [9.17, 15) is 4.79 Å². The van der Waals surface area contributed by atoms with E-state index >= 15 is 0 Å². The summed E-state index contributed by atoms with van der Waals surface area (Å²) >= 11 is 0. The zero-order valence-corrected chi connectivity index (χ0v) is 18.8. The highest BCUT2D eigenvalue weighted by Gasteiger charge is 2.25. The second-order valence-electron chi connectivity index (χ2n) is 8.80. The molecule has 3 heterocycles. The van der Waals surface area contributed by atoms with Crippen molar-refractivity contribution in [2.24, 2.45) is 16.6 Å². The number of rotatable bonds is 6. The van der Waals surface area contributed by atoms with Crippen molar-refractivity contribution in [2.75, 3.05) is 25.0 Å². The summed E-state index contributed by atoms with van der Waals surface area (Å²) in [5.41, 5.74) is 6.44. The lowest BCUT2D eigenvalue weighted by atomic mass is 9.94. The van der Waals surface area contributed by atoms with Crippen molar-refractivity contribution in [2.45, 2.75) is 52.1 Å². The van der Waals surface area contributed by atoms with Gasteiger partial charge in [-0.3, -0.25) is 9.79 Å². The summed E-state index contributed by atoms with van der Waals surface area (Å²) in [6.45, 7) is 8.82. The van der Waals surface area contributed by atoms with Gasteiger partial charge in [0, 0.05) is 49.8 Å². The van der Waals surface area contributed by atoms with Crippen LogP contribution in [0.4, 0.5) is 5.82 Å². The Labute approximate surface area is 183 Å². The number of anilines is 1. The van der Waals surface area contributed by atoms with Gasteiger partial charge in [0.15, 0.2) is 5.96 Å². The third kappa shape index (κ3) is 5.96. The summed E-state index contributed by atoms with van der Waals surface area (Å²) in [4.78, 5) is 26.9. The maximum absolute atomic E-state index is 11.4. The lowest BCUT2D eigenvalue weighted by Gasteiger charge is -2.32. The van der Waals surface area contributed by atoms with Crippen LogP contribution in [0.1, 0.15) is 50.8 Å². The number of aliphatic imine (C=N–C) groups is 1. The van der Waals surface area contributed by atoms with E-state index in [2.05, 4.69) is 51.3 Å². The van der Waals surface area contributed by atoms with Gasteiger partial charge in [-0.2, -0.15) is 0 Å². The van der Waals surface area contributed by atoms with Crippen molar-refractivity contribution in [3.63, 3.8) is 0 Å². The molecule has 0 aliphatic carbocycles. The van der Waals surface area contributed by atoms with Crippen LogP contribution in [0.15, 0.2) is 33.9 Å². The second-order valence-corrected chi connectivity index (χ2v) is 8.80. The Balaban J connectivity index is 1.56. The Kier molecular flexibility index (Phi) is 7.14. The predicted molar refractivity (Wildman–Crippen MR) is 121 cm³/mol. The summed E-state index contributed by atoms with van der Waals surface area (Å²) < 4.78 is 5.82. The van der Waals surface area contributed by atoms with E-state index in [1.54, 1.807) is 19.4 Å². The topological polar surface area (TPSA) is 122 Å². The summed E-state index contributed by atoms with van der Waals surface area (Å²) in [5, 5.41) is 6.56. The minimum Gasteiger partial charge on any atom is -0.443 e. The number of hydrogen-bond acceptors (Lipinski definition) is 6. The maximum atomic E-state index is 11.4. The number of hydrogen-bond donors (Lipinski definition) is 3. The van der Waals surface area contributed by atoms with Crippen molar-refractivity contribution in [1.29, 1.82) is 0 Å². The predicted octanol–water partition coefficient (Wildman–Crippen LogP) is 1.93. The van der Waals surface area contributed by atoms with Crippen LogP contribution in [-0.2, 0) is 23.3 Å². The molecule has 1 aliphatic rings. The minimum absolute atomic E-state index is 0.0430. The first-order valence-electron chi connectivity index (χ1n) is 10.7. The van der Waals surface area contributed by atoms with Crippen LogP contribution in [0, 0.1) is 5.92 Å². The fraction of sp³-hybridized carbons (Fsp3) is 0.545. The smallest absolute Gasteiger partial charge is 0.220 e. The molecule has 4 N–H and O–H groups in total. The number of carbonyl (C=O) groups excluding carboxylic acids is 1. The minimum atomic E-state index is -0.210. The van der Waals surface area contributed by atoms with E-state index in [-0.39, 0.29) is 17.2 Å². The lowest BCUT2D eigenvalue weighted by molar-refractivity contribution is -0.122. The summed E-state index contributed by atoms with van der Waals surface area (Å²) in [5.74, 6) is 2.80. The first-order valence-corrected chi connectivity index (χ1v) is 10.7. The number of nitrogens with two attached hydrogens (primary N) is 1. The van der Waals surface area contributed by atoms with Gasteiger partial charge in [-0.05, 0) is 18.9 Å². The normalized spacial score (nSPS) is 15.7. The highest BCUT2D eigenvalue weighted by molar-refractivity contribution is 5.79. The number of oxazole rings is 1. The molecular formula is C22H33N7O2. The van der Waals surface area contributed by atoms with Crippen LogP contribution in [0.5, 0.6) is 0 Å². The molecular weight excluding hydrogens is 394 g/mol. The second kappa shape index (κ2) is 9.80. The van der Waals surface area contributed by atoms with Gasteiger partial charge in [0.25, 0.3) is 0 Å². The number of piperidine rings is 1. The first kappa shape index (κ1) is 22.6. The van der Waals surface area contributed by atoms with Crippen LogP contribution < -0.4 is 21.3 Å². The lowest BCUT2D eigenvalue weighted by Crippen LogP contribution is -2.40. The molecule has 1 fully saturated rings. The van der Waals surface area contributed by atoms with Gasteiger partial charge in [-0.25, -0.2) is 9.97 Å². The molecule has 1 amide bonds. The third-order valence-electron chi connectivity index (χ3n) is 5.43. The van der Waals surface area contributed by atoms with Gasteiger partial charge >= 0.3 is 0 Å². The summed E-state index contributed by atoms with van der Waals surface area (Å²) in [6, 6.07) is 3.97. The fourth-order valence-corrected chi connectivity index (χ4v) is 3.53. The average molecular weight is 428 g/mol. The number of carbonyl (C=O) groups is 1. The van der Waals surface area contributed by atoms with E-state index in [1.807, 2.05) is 12.1 Å². The van der Waals surface area contributed by atoms with Crippen LogP contribution in [0.2, 0.25) is 0 Å². The number of nitrogens with one attached hydrogen (secondary N) is 2. The van der Waals surface area contributed by atoms with Crippen molar-refractivity contribution >= 4 is 17.7 Å². The molecule has 0 spiro atoms. The molecule has 0 saturated carbocycles. The number of primary amides is 1. The number of guanidine groups is 1. The molecule has 168 valence electrons. The molecule has 0 aromatic carbocycles. The van der Waals surface area contributed by atoms with Crippen LogP contribution in [0.3, 0.4) is 0 Å². The number of pyridine rings is 1. The largest absolute Gasteiger partial charge is 0.443 e. The first-order chi connectivity index (χ1) is 14.8. The Morgan fingerprint density at radius 1 is 1.26 bits per heavy atom. The van der Waals surface area contributed by atoms with E-state index in [4.69, 9.17) is 10.2 Å². The van der Waals surface area contributed by atoms with Gasteiger partial charge < -0.3 is 25.7 Å².